The molecule has 3 rings (SSSR count). The van der Waals surface area contributed by atoms with Gasteiger partial charge in [0.2, 0.25) is 0 Å². The first-order chi connectivity index (χ1) is 8.65. The third-order valence-corrected chi connectivity index (χ3v) is 2.96. The van der Waals surface area contributed by atoms with Crippen molar-refractivity contribution in [3.05, 3.63) is 47.5 Å². The van der Waals surface area contributed by atoms with Crippen LogP contribution in [-0.4, -0.2) is 20.1 Å². The molecule has 0 atom stereocenters. The third-order valence-electron chi connectivity index (χ3n) is 2.96. The molecule has 90 valence electrons. The Balaban J connectivity index is 2.26. The van der Waals surface area contributed by atoms with E-state index in [9.17, 15) is 5.11 Å². The van der Waals surface area contributed by atoms with Crippen molar-refractivity contribution in [2.24, 2.45) is 0 Å². The predicted molar refractivity (Wildman–Crippen MR) is 70.0 cm³/mol. The molecule has 4 heteroatoms. The van der Waals surface area contributed by atoms with Crippen molar-refractivity contribution in [1.82, 2.24) is 15.0 Å². The van der Waals surface area contributed by atoms with Gasteiger partial charge in [-0.15, -0.1) is 15.0 Å². The molecule has 0 aliphatic heterocycles. The Morgan fingerprint density at radius 1 is 0.944 bits per heavy atom. The Bertz CT molecular complexity index is 675. The minimum atomic E-state index is 0.269. The Hall–Kier alpha value is -2.36. The fraction of sp³-hybridized carbons (Fsp3) is 0.143. The molecule has 4 nitrogen and oxygen atoms in total. The molecule has 0 saturated heterocycles. The van der Waals surface area contributed by atoms with Crippen molar-refractivity contribution in [2.45, 2.75) is 13.8 Å². The molecule has 0 spiro atoms. The van der Waals surface area contributed by atoms with Crippen LogP contribution in [0.1, 0.15) is 11.1 Å². The highest BCUT2D eigenvalue weighted by Crippen LogP contribution is 2.24. The summed E-state index contributed by atoms with van der Waals surface area (Å²) in [5, 5.41) is 18.5. The summed E-state index contributed by atoms with van der Waals surface area (Å²) in [5.41, 5.74) is 4.55. The minimum Gasteiger partial charge on any atom is -0.508 e. The second-order valence-corrected chi connectivity index (χ2v) is 4.41. The van der Waals surface area contributed by atoms with Crippen LogP contribution in [0.2, 0.25) is 0 Å². The number of aromatic hydroxyl groups is 1. The number of benzene rings is 2. The lowest BCUT2D eigenvalue weighted by Gasteiger charge is -2.08. The van der Waals surface area contributed by atoms with Gasteiger partial charge in [-0.1, -0.05) is 12.1 Å². The Morgan fingerprint density at radius 2 is 1.44 bits per heavy atom. The molecule has 0 saturated carbocycles. The van der Waals surface area contributed by atoms with Gasteiger partial charge in [-0.25, -0.2) is 0 Å². The van der Waals surface area contributed by atoms with E-state index in [1.54, 1.807) is 16.9 Å². The second kappa shape index (κ2) is 3.84. The van der Waals surface area contributed by atoms with E-state index in [-0.39, 0.29) is 5.75 Å². The standard InChI is InChI=1S/C14H13N3O/c1-9-7-11(18)8-10(2)14(9)17-15-12-5-3-4-6-13(12)16-17/h3-8,18H,1-2H3. The quantitative estimate of drug-likeness (QED) is 0.710. The van der Waals surface area contributed by atoms with Crippen LogP contribution in [0, 0.1) is 13.8 Å². The van der Waals surface area contributed by atoms with E-state index < -0.39 is 0 Å². The van der Waals surface area contributed by atoms with Crippen molar-refractivity contribution < 1.29 is 5.11 Å². The lowest BCUT2D eigenvalue weighted by atomic mass is 10.1. The van der Waals surface area contributed by atoms with Gasteiger partial charge in [-0.3, -0.25) is 0 Å². The monoisotopic (exact) mass is 239 g/mol. The summed E-state index contributed by atoms with van der Waals surface area (Å²) >= 11 is 0. The number of phenols is 1. The van der Waals surface area contributed by atoms with Gasteiger partial charge < -0.3 is 5.11 Å². The zero-order valence-corrected chi connectivity index (χ0v) is 10.3. The summed E-state index contributed by atoms with van der Waals surface area (Å²) in [6.45, 7) is 3.88. The number of rotatable bonds is 1. The maximum Gasteiger partial charge on any atom is 0.116 e. The molecule has 0 unspecified atom stereocenters. The first-order valence-corrected chi connectivity index (χ1v) is 5.78. The summed E-state index contributed by atoms with van der Waals surface area (Å²) < 4.78 is 0. The van der Waals surface area contributed by atoms with Gasteiger partial charge in [0, 0.05) is 0 Å². The molecule has 0 fully saturated rings. The van der Waals surface area contributed by atoms with Crippen LogP contribution in [0.25, 0.3) is 16.7 Å². The van der Waals surface area contributed by atoms with E-state index >= 15 is 0 Å². The summed E-state index contributed by atoms with van der Waals surface area (Å²) in [4.78, 5) is 1.63. The zero-order valence-electron chi connectivity index (χ0n) is 10.3. The summed E-state index contributed by atoms with van der Waals surface area (Å²) in [6, 6.07) is 11.2. The summed E-state index contributed by atoms with van der Waals surface area (Å²) in [5.74, 6) is 0.269. The van der Waals surface area contributed by atoms with Crippen LogP contribution in [0.15, 0.2) is 36.4 Å². The van der Waals surface area contributed by atoms with E-state index in [4.69, 9.17) is 0 Å². The third kappa shape index (κ3) is 1.62. The predicted octanol–water partition coefficient (Wildman–Crippen LogP) is 2.74. The van der Waals surface area contributed by atoms with Crippen molar-refractivity contribution in [3.8, 4) is 11.4 Å². The number of phenolic OH excluding ortho intramolecular Hbond substituents is 1. The molecule has 1 heterocycles. The van der Waals surface area contributed by atoms with Crippen LogP contribution < -0.4 is 0 Å². The summed E-state index contributed by atoms with van der Waals surface area (Å²) in [7, 11) is 0. The Labute approximate surface area is 104 Å². The summed E-state index contributed by atoms with van der Waals surface area (Å²) in [6.07, 6.45) is 0. The average Bonchev–Trinajstić information content (AvgIpc) is 2.70. The fourth-order valence-electron chi connectivity index (χ4n) is 2.21. The average molecular weight is 239 g/mol. The molecule has 0 aliphatic carbocycles. The van der Waals surface area contributed by atoms with Crippen molar-refractivity contribution in [2.75, 3.05) is 0 Å². The molecule has 3 aromatic rings. The Kier molecular flexibility index (Phi) is 2.30. The van der Waals surface area contributed by atoms with Crippen LogP contribution >= 0.6 is 0 Å². The second-order valence-electron chi connectivity index (χ2n) is 4.41. The lowest BCUT2D eigenvalue weighted by Crippen LogP contribution is -2.03. The first-order valence-electron chi connectivity index (χ1n) is 5.78. The van der Waals surface area contributed by atoms with E-state index in [1.807, 2.05) is 38.1 Å². The highest BCUT2D eigenvalue weighted by atomic mass is 16.3. The van der Waals surface area contributed by atoms with E-state index in [0.717, 1.165) is 27.8 Å². The molecular formula is C14H13N3O. The number of hydrogen-bond acceptors (Lipinski definition) is 3. The zero-order chi connectivity index (χ0) is 12.7. The van der Waals surface area contributed by atoms with Gasteiger partial charge in [0.05, 0.1) is 5.69 Å². The van der Waals surface area contributed by atoms with Crippen molar-refractivity contribution in [3.63, 3.8) is 0 Å². The molecule has 1 N–H and O–H groups in total. The highest BCUT2D eigenvalue weighted by Gasteiger charge is 2.10. The van der Waals surface area contributed by atoms with Gasteiger partial charge >= 0.3 is 0 Å². The maximum atomic E-state index is 9.55. The van der Waals surface area contributed by atoms with Gasteiger partial charge in [-0.2, -0.15) is 0 Å². The molecular weight excluding hydrogens is 226 g/mol. The largest absolute Gasteiger partial charge is 0.508 e. The fourth-order valence-corrected chi connectivity index (χ4v) is 2.21. The lowest BCUT2D eigenvalue weighted by molar-refractivity contribution is 0.474. The SMILES string of the molecule is Cc1cc(O)cc(C)c1-n1nc2ccccc2n1. The van der Waals surface area contributed by atoms with Crippen LogP contribution in [-0.2, 0) is 0 Å². The van der Waals surface area contributed by atoms with E-state index in [2.05, 4.69) is 10.2 Å². The number of nitrogens with zero attached hydrogens (tertiary/aromatic N) is 3. The van der Waals surface area contributed by atoms with Crippen LogP contribution in [0.3, 0.4) is 0 Å². The number of fused-ring (bicyclic) bond motifs is 1. The van der Waals surface area contributed by atoms with E-state index in [0.29, 0.717) is 0 Å². The number of aromatic nitrogens is 3. The number of aryl methyl sites for hydroxylation is 2. The topological polar surface area (TPSA) is 50.9 Å². The van der Waals surface area contributed by atoms with E-state index in [1.165, 1.54) is 0 Å². The maximum absolute atomic E-state index is 9.55. The molecule has 18 heavy (non-hydrogen) atoms. The Morgan fingerprint density at radius 3 is 1.94 bits per heavy atom. The van der Waals surface area contributed by atoms with Gasteiger partial charge in [0.25, 0.3) is 0 Å². The molecule has 0 amide bonds. The van der Waals surface area contributed by atoms with Gasteiger partial charge in [0.15, 0.2) is 0 Å². The minimum absolute atomic E-state index is 0.269. The molecule has 1 aromatic heterocycles. The molecule has 2 aromatic carbocycles. The molecule has 0 bridgehead atoms. The normalized spacial score (nSPS) is 11.0. The van der Waals surface area contributed by atoms with Crippen LogP contribution in [0.5, 0.6) is 5.75 Å². The molecule has 0 aliphatic rings. The first kappa shape index (κ1) is 10.8. The van der Waals surface area contributed by atoms with Gasteiger partial charge in [-0.05, 0) is 49.2 Å². The smallest absolute Gasteiger partial charge is 0.116 e. The van der Waals surface area contributed by atoms with Crippen molar-refractivity contribution in [1.29, 1.82) is 0 Å². The molecule has 0 radical (unpaired) electrons. The van der Waals surface area contributed by atoms with Crippen LogP contribution in [0.4, 0.5) is 0 Å². The number of hydrogen-bond donors (Lipinski definition) is 1. The highest BCUT2D eigenvalue weighted by molar-refractivity contribution is 5.73. The van der Waals surface area contributed by atoms with Gasteiger partial charge in [0.1, 0.15) is 16.8 Å². The van der Waals surface area contributed by atoms with Crippen molar-refractivity contribution >= 4 is 11.0 Å².